The molecule has 0 unspecified atom stereocenters. The van der Waals surface area contributed by atoms with E-state index < -0.39 is 5.97 Å². The quantitative estimate of drug-likeness (QED) is 0.220. The van der Waals surface area contributed by atoms with Crippen molar-refractivity contribution < 1.29 is 14.3 Å². The highest BCUT2D eigenvalue weighted by Gasteiger charge is 2.17. The topological polar surface area (TPSA) is 82.8 Å². The minimum Gasteiger partial charge on any atom is -0.480 e. The van der Waals surface area contributed by atoms with E-state index in [0.29, 0.717) is 37.5 Å². The third-order valence-electron chi connectivity index (χ3n) is 4.94. The van der Waals surface area contributed by atoms with Gasteiger partial charge in [0.25, 0.3) is 5.56 Å². The second-order valence-electron chi connectivity index (χ2n) is 7.94. The normalized spacial score (nSPS) is 12.5. The predicted octanol–water partition coefficient (Wildman–Crippen LogP) is 6.30. The fraction of sp³-hybridized carbons (Fsp3) is 0.333. The smallest absolute Gasteiger partial charge is 0.344 e. The second-order valence-corrected chi connectivity index (χ2v) is 10.1. The van der Waals surface area contributed by atoms with Gasteiger partial charge in [0.2, 0.25) is 0 Å². The molecule has 0 aliphatic carbocycles. The van der Waals surface area contributed by atoms with Gasteiger partial charge in [-0.05, 0) is 66.5 Å². The summed E-state index contributed by atoms with van der Waals surface area (Å²) in [6, 6.07) is 8.66. The van der Waals surface area contributed by atoms with E-state index in [9.17, 15) is 9.59 Å². The fourth-order valence-corrected chi connectivity index (χ4v) is 4.46. The number of benzene rings is 2. The first kappa shape index (κ1) is 26.4. The zero-order valence-corrected chi connectivity index (χ0v) is 23.1. The first-order chi connectivity index (χ1) is 16.1. The zero-order chi connectivity index (χ0) is 25.0. The number of rotatable bonds is 8. The van der Waals surface area contributed by atoms with Gasteiger partial charge in [0, 0.05) is 21.0 Å². The molecule has 2 aromatic carbocycles. The number of halogens is 3. The van der Waals surface area contributed by atoms with Gasteiger partial charge < -0.3 is 9.47 Å². The minimum atomic E-state index is -0.501. The van der Waals surface area contributed by atoms with Gasteiger partial charge in [0.05, 0.1) is 27.7 Å². The molecule has 0 spiro atoms. The number of carbonyl (C=O) groups excluding carboxylic acids is 1. The molecule has 7 nitrogen and oxygen atoms in total. The maximum atomic E-state index is 13.3. The number of fused-ring (bicyclic) bond motifs is 1. The number of nitrogens with zero attached hydrogens (tertiary/aromatic N) is 3. The van der Waals surface area contributed by atoms with E-state index in [1.165, 1.54) is 10.9 Å². The molecule has 34 heavy (non-hydrogen) atoms. The molecule has 180 valence electrons. The predicted molar refractivity (Wildman–Crippen MR) is 141 cm³/mol. The number of aromatic nitrogens is 2. The van der Waals surface area contributed by atoms with Crippen molar-refractivity contribution in [3.05, 3.63) is 66.0 Å². The molecule has 1 heterocycles. The Balaban J connectivity index is 2.08. The Labute approximate surface area is 219 Å². The summed E-state index contributed by atoms with van der Waals surface area (Å²) in [6.07, 6.45) is 1.99. The van der Waals surface area contributed by atoms with Crippen LogP contribution in [0, 0.1) is 0 Å². The molecule has 0 aliphatic rings. The lowest BCUT2D eigenvalue weighted by molar-refractivity contribution is -0.149. The van der Waals surface area contributed by atoms with Crippen LogP contribution in [0.4, 0.5) is 0 Å². The van der Waals surface area contributed by atoms with Crippen LogP contribution in [0.15, 0.2) is 49.2 Å². The van der Waals surface area contributed by atoms with Crippen LogP contribution >= 0.6 is 43.5 Å². The van der Waals surface area contributed by atoms with Crippen LogP contribution < -0.4 is 10.3 Å². The average Bonchev–Trinajstić information content (AvgIpc) is 2.76. The summed E-state index contributed by atoms with van der Waals surface area (Å²) in [5.74, 6) is 0.385. The Bertz CT molecular complexity index is 1310. The van der Waals surface area contributed by atoms with Gasteiger partial charge in [-0.1, -0.05) is 41.4 Å². The van der Waals surface area contributed by atoms with E-state index >= 15 is 0 Å². The van der Waals surface area contributed by atoms with Crippen molar-refractivity contribution in [2.75, 3.05) is 6.61 Å². The highest BCUT2D eigenvalue weighted by atomic mass is 79.9. The van der Waals surface area contributed by atoms with Crippen molar-refractivity contribution in [3.8, 4) is 5.75 Å². The number of carbonyl (C=O) groups is 1. The first-order valence-electron chi connectivity index (χ1n) is 10.7. The lowest BCUT2D eigenvalue weighted by Crippen LogP contribution is -2.24. The van der Waals surface area contributed by atoms with Crippen molar-refractivity contribution in [1.29, 1.82) is 0 Å². The van der Waals surface area contributed by atoms with Crippen molar-refractivity contribution in [1.82, 2.24) is 9.66 Å². The molecule has 0 radical (unpaired) electrons. The summed E-state index contributed by atoms with van der Waals surface area (Å²) in [5, 5.41) is 5.34. The first-order valence-corrected chi connectivity index (χ1v) is 12.6. The summed E-state index contributed by atoms with van der Waals surface area (Å²) in [7, 11) is 0. The Morgan fingerprint density at radius 2 is 1.97 bits per heavy atom. The number of hydrogen-bond acceptors (Lipinski definition) is 6. The van der Waals surface area contributed by atoms with Gasteiger partial charge in [-0.2, -0.15) is 9.78 Å². The van der Waals surface area contributed by atoms with Gasteiger partial charge in [0.15, 0.2) is 6.61 Å². The van der Waals surface area contributed by atoms with Crippen LogP contribution in [0.5, 0.6) is 5.75 Å². The molecule has 0 saturated carbocycles. The molecule has 1 aromatic heterocycles. The van der Waals surface area contributed by atoms with Crippen LogP contribution in [-0.4, -0.2) is 34.6 Å². The Kier molecular flexibility index (Phi) is 8.89. The summed E-state index contributed by atoms with van der Waals surface area (Å²) in [5.41, 5.74) is 0.795. The van der Waals surface area contributed by atoms with E-state index in [1.54, 1.807) is 38.1 Å². The molecule has 0 aliphatic heterocycles. The third kappa shape index (κ3) is 6.25. The molecular formula is C24H24Br2ClN3O4. The molecule has 0 saturated heterocycles. The highest BCUT2D eigenvalue weighted by Crippen LogP contribution is 2.32. The van der Waals surface area contributed by atoms with Crippen molar-refractivity contribution in [3.63, 3.8) is 0 Å². The van der Waals surface area contributed by atoms with Gasteiger partial charge in [0.1, 0.15) is 11.6 Å². The van der Waals surface area contributed by atoms with E-state index in [0.717, 1.165) is 10.9 Å². The second kappa shape index (κ2) is 11.5. The maximum absolute atomic E-state index is 13.3. The molecular weight excluding hydrogens is 590 g/mol. The summed E-state index contributed by atoms with van der Waals surface area (Å²) in [4.78, 5) is 30.0. The SMILES string of the molecule is CC[C@@H](C)c1nc2ccc(Br)cc2c(=O)n1N=Cc1cc(Cl)cc(Br)c1OCC(=O)OC(C)C. The fourth-order valence-electron chi connectivity index (χ4n) is 3.16. The summed E-state index contributed by atoms with van der Waals surface area (Å²) < 4.78 is 13.4. The highest BCUT2D eigenvalue weighted by molar-refractivity contribution is 9.10. The van der Waals surface area contributed by atoms with Crippen molar-refractivity contribution in [2.24, 2.45) is 5.10 Å². The van der Waals surface area contributed by atoms with Crippen LogP contribution in [-0.2, 0) is 9.53 Å². The van der Waals surface area contributed by atoms with Crippen LogP contribution in [0.2, 0.25) is 5.02 Å². The number of hydrogen-bond donors (Lipinski definition) is 0. The summed E-state index contributed by atoms with van der Waals surface area (Å²) in [6.45, 7) is 7.24. The molecule has 0 bridgehead atoms. The van der Waals surface area contributed by atoms with Crippen molar-refractivity contribution in [2.45, 2.75) is 46.1 Å². The molecule has 3 rings (SSSR count). The molecule has 0 fully saturated rings. The van der Waals surface area contributed by atoms with E-state index in [2.05, 4.69) is 37.0 Å². The summed E-state index contributed by atoms with van der Waals surface area (Å²) >= 11 is 13.1. The van der Waals surface area contributed by atoms with Crippen molar-refractivity contribution >= 4 is 66.5 Å². The zero-order valence-electron chi connectivity index (χ0n) is 19.1. The standard InChI is InChI=1S/C24H24Br2ClN3O4/c1-5-14(4)23-29-20-7-6-16(25)9-18(20)24(32)30(23)28-11-15-8-17(27)10-19(26)22(15)33-12-21(31)34-13(2)3/h6-11,13-14H,5,12H2,1-4H3/t14-/m1/s1. The monoisotopic (exact) mass is 611 g/mol. The van der Waals surface area contributed by atoms with Gasteiger partial charge in [-0.15, -0.1) is 0 Å². The van der Waals surface area contributed by atoms with E-state index in [4.69, 9.17) is 26.1 Å². The maximum Gasteiger partial charge on any atom is 0.344 e. The van der Waals surface area contributed by atoms with Gasteiger partial charge in [-0.25, -0.2) is 9.78 Å². The Morgan fingerprint density at radius 3 is 2.65 bits per heavy atom. The lowest BCUT2D eigenvalue weighted by Gasteiger charge is -2.15. The van der Waals surface area contributed by atoms with Gasteiger partial charge in [-0.3, -0.25) is 4.79 Å². The molecule has 1 atom stereocenters. The number of ether oxygens (including phenoxy) is 2. The van der Waals surface area contributed by atoms with Gasteiger partial charge >= 0.3 is 5.97 Å². The molecule has 10 heteroatoms. The van der Waals surface area contributed by atoms with E-state index in [-0.39, 0.29) is 24.2 Å². The van der Waals surface area contributed by atoms with E-state index in [1.807, 2.05) is 19.9 Å². The van der Waals surface area contributed by atoms with Crippen LogP contribution in [0.3, 0.4) is 0 Å². The molecule has 0 amide bonds. The number of esters is 1. The Hall–Kier alpha value is -2.23. The van der Waals surface area contributed by atoms with Crippen LogP contribution in [0.25, 0.3) is 10.9 Å². The molecule has 3 aromatic rings. The lowest BCUT2D eigenvalue weighted by atomic mass is 10.1. The minimum absolute atomic E-state index is 0.00878. The molecule has 0 N–H and O–H groups in total. The average molecular weight is 614 g/mol. The Morgan fingerprint density at radius 1 is 1.24 bits per heavy atom. The largest absolute Gasteiger partial charge is 0.480 e. The van der Waals surface area contributed by atoms with Crippen LogP contribution in [0.1, 0.15) is 51.4 Å². The third-order valence-corrected chi connectivity index (χ3v) is 6.24.